The third-order valence-electron chi connectivity index (χ3n) is 4.37. The van der Waals surface area contributed by atoms with Crippen LogP contribution < -0.4 is 19.5 Å². The molecule has 0 unspecified atom stereocenters. The van der Waals surface area contributed by atoms with Crippen molar-refractivity contribution in [3.8, 4) is 11.5 Å². The second kappa shape index (κ2) is 9.99. The molecule has 0 aliphatic carbocycles. The van der Waals surface area contributed by atoms with E-state index in [1.165, 1.54) is 18.2 Å². The summed E-state index contributed by atoms with van der Waals surface area (Å²) in [5.74, 6) is 1.07. The SMILES string of the molecule is COc1ccc(OC[C@@H](C)NC(=O)c2cccc(NS(=O)(=O)c3ccccc3)c2)cc1. The number of benzene rings is 3. The van der Waals surface area contributed by atoms with E-state index >= 15 is 0 Å². The number of anilines is 1. The average molecular weight is 441 g/mol. The summed E-state index contributed by atoms with van der Waals surface area (Å²) >= 11 is 0. The Bertz CT molecular complexity index is 1120. The van der Waals surface area contributed by atoms with Gasteiger partial charge in [-0.15, -0.1) is 0 Å². The quantitative estimate of drug-likeness (QED) is 0.529. The molecule has 0 bridgehead atoms. The van der Waals surface area contributed by atoms with Gasteiger partial charge in [-0.25, -0.2) is 8.42 Å². The molecule has 1 amide bonds. The van der Waals surface area contributed by atoms with Crippen LogP contribution in [0.3, 0.4) is 0 Å². The maximum Gasteiger partial charge on any atom is 0.261 e. The first-order chi connectivity index (χ1) is 14.9. The monoisotopic (exact) mass is 440 g/mol. The van der Waals surface area contributed by atoms with E-state index in [0.717, 1.165) is 5.75 Å². The Balaban J connectivity index is 1.59. The summed E-state index contributed by atoms with van der Waals surface area (Å²) in [6, 6.07) is 21.3. The van der Waals surface area contributed by atoms with Crippen molar-refractivity contribution in [3.05, 3.63) is 84.4 Å². The highest BCUT2D eigenvalue weighted by molar-refractivity contribution is 7.92. The minimum absolute atomic E-state index is 0.147. The van der Waals surface area contributed by atoms with Crippen molar-refractivity contribution in [1.29, 1.82) is 0 Å². The molecular formula is C23H24N2O5S. The molecule has 0 saturated heterocycles. The molecule has 0 fully saturated rings. The highest BCUT2D eigenvalue weighted by atomic mass is 32.2. The van der Waals surface area contributed by atoms with Crippen molar-refractivity contribution >= 4 is 21.6 Å². The molecule has 3 rings (SSSR count). The van der Waals surface area contributed by atoms with Gasteiger partial charge in [0.2, 0.25) is 0 Å². The standard InChI is InChI=1S/C23H24N2O5S/c1-17(16-30-21-13-11-20(29-2)12-14-21)24-23(26)18-7-6-8-19(15-18)25-31(27,28)22-9-4-3-5-10-22/h3-15,17,25H,16H2,1-2H3,(H,24,26)/t17-/m1/s1. The average Bonchev–Trinajstić information content (AvgIpc) is 2.78. The number of carbonyl (C=O) groups is 1. The number of ether oxygens (including phenoxy) is 2. The molecular weight excluding hydrogens is 416 g/mol. The Hall–Kier alpha value is -3.52. The zero-order chi connectivity index (χ0) is 22.3. The van der Waals surface area contributed by atoms with Gasteiger partial charge in [0.05, 0.1) is 18.0 Å². The van der Waals surface area contributed by atoms with Crippen LogP contribution in [0.5, 0.6) is 11.5 Å². The normalized spacial score (nSPS) is 11.9. The Labute approximate surface area is 182 Å². The van der Waals surface area contributed by atoms with Crippen molar-refractivity contribution < 1.29 is 22.7 Å². The van der Waals surface area contributed by atoms with E-state index in [9.17, 15) is 13.2 Å². The first kappa shape index (κ1) is 22.2. The number of amides is 1. The van der Waals surface area contributed by atoms with Gasteiger partial charge < -0.3 is 14.8 Å². The second-order valence-corrected chi connectivity index (χ2v) is 8.54. The summed E-state index contributed by atoms with van der Waals surface area (Å²) in [7, 11) is -2.14. The van der Waals surface area contributed by atoms with Gasteiger partial charge in [0, 0.05) is 11.3 Å². The summed E-state index contributed by atoms with van der Waals surface area (Å²) < 4.78 is 38.3. The number of hydrogen-bond acceptors (Lipinski definition) is 5. The lowest BCUT2D eigenvalue weighted by Crippen LogP contribution is -2.36. The van der Waals surface area contributed by atoms with E-state index in [-0.39, 0.29) is 23.5 Å². The molecule has 0 aliphatic rings. The third kappa shape index (κ3) is 6.23. The van der Waals surface area contributed by atoms with E-state index < -0.39 is 10.0 Å². The van der Waals surface area contributed by atoms with Gasteiger partial charge in [0.15, 0.2) is 0 Å². The lowest BCUT2D eigenvalue weighted by Gasteiger charge is -2.16. The van der Waals surface area contributed by atoms with Crippen LogP contribution in [0.25, 0.3) is 0 Å². The summed E-state index contributed by atoms with van der Waals surface area (Å²) in [6.07, 6.45) is 0. The molecule has 3 aromatic carbocycles. The molecule has 162 valence electrons. The number of nitrogens with one attached hydrogen (secondary N) is 2. The van der Waals surface area contributed by atoms with Gasteiger partial charge in [-0.3, -0.25) is 9.52 Å². The Morgan fingerprint density at radius 2 is 1.61 bits per heavy atom. The fraction of sp³-hybridized carbons (Fsp3) is 0.174. The first-order valence-electron chi connectivity index (χ1n) is 9.63. The number of sulfonamides is 1. The van der Waals surface area contributed by atoms with Crippen LogP contribution in [-0.4, -0.2) is 34.1 Å². The topological polar surface area (TPSA) is 93.7 Å². The molecule has 0 radical (unpaired) electrons. The lowest BCUT2D eigenvalue weighted by atomic mass is 10.2. The number of methoxy groups -OCH3 is 1. The minimum atomic E-state index is -3.73. The van der Waals surface area contributed by atoms with Crippen LogP contribution in [0, 0.1) is 0 Å². The lowest BCUT2D eigenvalue weighted by molar-refractivity contribution is 0.0926. The highest BCUT2D eigenvalue weighted by Crippen LogP contribution is 2.18. The molecule has 0 heterocycles. The van der Waals surface area contributed by atoms with Crippen LogP contribution in [0.4, 0.5) is 5.69 Å². The van der Waals surface area contributed by atoms with Crippen LogP contribution >= 0.6 is 0 Å². The summed E-state index contributed by atoms with van der Waals surface area (Å²) in [5.41, 5.74) is 0.642. The van der Waals surface area contributed by atoms with Crippen molar-refractivity contribution in [3.63, 3.8) is 0 Å². The van der Waals surface area contributed by atoms with E-state index in [1.54, 1.807) is 67.8 Å². The Morgan fingerprint density at radius 1 is 0.935 bits per heavy atom. The number of rotatable bonds is 9. The third-order valence-corrected chi connectivity index (χ3v) is 5.76. The van der Waals surface area contributed by atoms with Gasteiger partial charge >= 0.3 is 0 Å². The number of hydrogen-bond donors (Lipinski definition) is 2. The van der Waals surface area contributed by atoms with Crippen molar-refractivity contribution in [1.82, 2.24) is 5.32 Å². The van der Waals surface area contributed by atoms with Gasteiger partial charge in [-0.2, -0.15) is 0 Å². The second-order valence-electron chi connectivity index (χ2n) is 6.86. The van der Waals surface area contributed by atoms with E-state index in [0.29, 0.717) is 17.0 Å². The molecule has 8 heteroatoms. The molecule has 0 saturated carbocycles. The predicted molar refractivity (Wildman–Crippen MR) is 119 cm³/mol. The van der Waals surface area contributed by atoms with E-state index in [1.807, 2.05) is 6.92 Å². The van der Waals surface area contributed by atoms with Crippen LogP contribution in [0.1, 0.15) is 17.3 Å². The van der Waals surface area contributed by atoms with Crippen LogP contribution in [0.2, 0.25) is 0 Å². The van der Waals surface area contributed by atoms with Crippen LogP contribution in [0.15, 0.2) is 83.8 Å². The van der Waals surface area contributed by atoms with Gasteiger partial charge in [-0.05, 0) is 61.5 Å². The Kier molecular flexibility index (Phi) is 7.15. The molecule has 1 atom stereocenters. The smallest absolute Gasteiger partial charge is 0.261 e. The van der Waals surface area contributed by atoms with Crippen molar-refractivity contribution in [2.24, 2.45) is 0 Å². The number of carbonyl (C=O) groups excluding carboxylic acids is 1. The molecule has 3 aromatic rings. The maximum atomic E-state index is 12.6. The van der Waals surface area contributed by atoms with Crippen molar-refractivity contribution in [2.45, 2.75) is 17.9 Å². The molecule has 31 heavy (non-hydrogen) atoms. The first-order valence-corrected chi connectivity index (χ1v) is 11.1. The zero-order valence-corrected chi connectivity index (χ0v) is 18.1. The Morgan fingerprint density at radius 3 is 2.29 bits per heavy atom. The van der Waals surface area contributed by atoms with Gasteiger partial charge in [-0.1, -0.05) is 24.3 Å². The fourth-order valence-electron chi connectivity index (χ4n) is 2.78. The van der Waals surface area contributed by atoms with E-state index in [2.05, 4.69) is 10.0 Å². The molecule has 0 aromatic heterocycles. The molecule has 0 aliphatic heterocycles. The zero-order valence-electron chi connectivity index (χ0n) is 17.2. The van der Waals surface area contributed by atoms with Gasteiger partial charge in [0.1, 0.15) is 18.1 Å². The predicted octanol–water partition coefficient (Wildman–Crippen LogP) is 3.69. The fourth-order valence-corrected chi connectivity index (χ4v) is 3.85. The summed E-state index contributed by atoms with van der Waals surface area (Å²) in [4.78, 5) is 12.7. The highest BCUT2D eigenvalue weighted by Gasteiger charge is 2.15. The minimum Gasteiger partial charge on any atom is -0.497 e. The summed E-state index contributed by atoms with van der Waals surface area (Å²) in [6.45, 7) is 2.10. The molecule has 0 spiro atoms. The van der Waals surface area contributed by atoms with Crippen LogP contribution in [-0.2, 0) is 10.0 Å². The molecule has 2 N–H and O–H groups in total. The largest absolute Gasteiger partial charge is 0.497 e. The molecule has 7 nitrogen and oxygen atoms in total. The maximum absolute atomic E-state index is 12.6. The van der Waals surface area contributed by atoms with Crippen molar-refractivity contribution in [2.75, 3.05) is 18.4 Å². The summed E-state index contributed by atoms with van der Waals surface area (Å²) in [5, 5.41) is 2.84. The van der Waals surface area contributed by atoms with Gasteiger partial charge in [0.25, 0.3) is 15.9 Å². The van der Waals surface area contributed by atoms with E-state index in [4.69, 9.17) is 9.47 Å².